The van der Waals surface area contributed by atoms with Crippen LogP contribution in [0.3, 0.4) is 0 Å². The molecular formula is C14H19Cl2FN2. The van der Waals surface area contributed by atoms with Crippen LogP contribution in [0.4, 0.5) is 10.1 Å². The van der Waals surface area contributed by atoms with Crippen molar-refractivity contribution >= 4 is 28.9 Å². The smallest absolute Gasteiger partial charge is 0.126 e. The molecule has 1 aliphatic heterocycles. The molecule has 1 fully saturated rings. The van der Waals surface area contributed by atoms with Crippen LogP contribution in [0.1, 0.15) is 26.2 Å². The number of nitrogens with zero attached hydrogens (tertiary/aromatic N) is 1. The molecule has 1 saturated heterocycles. The van der Waals surface area contributed by atoms with E-state index < -0.39 is 5.82 Å². The first-order valence-corrected chi connectivity index (χ1v) is 7.50. The number of nitrogens with one attached hydrogen (secondary N) is 1. The molecule has 1 atom stereocenters. The molecule has 2 rings (SSSR count). The first-order valence-electron chi connectivity index (χ1n) is 6.74. The van der Waals surface area contributed by atoms with Gasteiger partial charge in [-0.25, -0.2) is 4.39 Å². The predicted molar refractivity (Wildman–Crippen MR) is 79.9 cm³/mol. The number of rotatable bonds is 4. The molecule has 0 aromatic heterocycles. The molecule has 0 aliphatic carbocycles. The van der Waals surface area contributed by atoms with E-state index in [1.807, 2.05) is 0 Å². The average Bonchev–Trinajstić information content (AvgIpc) is 2.35. The molecule has 5 heteroatoms. The number of piperidine rings is 1. The van der Waals surface area contributed by atoms with Gasteiger partial charge in [-0.2, -0.15) is 0 Å². The van der Waals surface area contributed by atoms with Gasteiger partial charge in [0.05, 0.1) is 15.7 Å². The molecule has 1 unspecified atom stereocenters. The zero-order chi connectivity index (χ0) is 13.8. The zero-order valence-electron chi connectivity index (χ0n) is 11.1. The summed E-state index contributed by atoms with van der Waals surface area (Å²) in [5.74, 6) is -0.392. The van der Waals surface area contributed by atoms with Gasteiger partial charge in [0.25, 0.3) is 0 Å². The summed E-state index contributed by atoms with van der Waals surface area (Å²) in [6.07, 6.45) is 3.37. The SMILES string of the molecule is CCCNC1CCCN(c2c(Cl)cc(F)cc2Cl)C1. The maximum absolute atomic E-state index is 13.2. The van der Waals surface area contributed by atoms with Crippen molar-refractivity contribution < 1.29 is 4.39 Å². The van der Waals surface area contributed by atoms with Gasteiger partial charge in [0, 0.05) is 19.1 Å². The van der Waals surface area contributed by atoms with Crippen LogP contribution in [-0.4, -0.2) is 25.7 Å². The molecular weight excluding hydrogens is 286 g/mol. The Hall–Kier alpha value is -0.510. The summed E-state index contributed by atoms with van der Waals surface area (Å²) >= 11 is 12.3. The summed E-state index contributed by atoms with van der Waals surface area (Å²) in [6.45, 7) is 4.95. The van der Waals surface area contributed by atoms with Crippen LogP contribution in [-0.2, 0) is 0 Å². The highest BCUT2D eigenvalue weighted by Crippen LogP contribution is 2.36. The van der Waals surface area contributed by atoms with Crippen LogP contribution in [0.2, 0.25) is 10.0 Å². The van der Waals surface area contributed by atoms with Crippen LogP contribution < -0.4 is 10.2 Å². The van der Waals surface area contributed by atoms with E-state index in [9.17, 15) is 4.39 Å². The van der Waals surface area contributed by atoms with E-state index in [0.717, 1.165) is 44.6 Å². The van der Waals surface area contributed by atoms with Gasteiger partial charge in [-0.1, -0.05) is 30.1 Å². The molecule has 106 valence electrons. The zero-order valence-corrected chi connectivity index (χ0v) is 12.6. The molecule has 2 nitrogen and oxygen atoms in total. The van der Waals surface area contributed by atoms with Crippen LogP contribution in [0.15, 0.2) is 12.1 Å². The van der Waals surface area contributed by atoms with E-state index in [-0.39, 0.29) is 0 Å². The lowest BCUT2D eigenvalue weighted by atomic mass is 10.0. The average molecular weight is 305 g/mol. The lowest BCUT2D eigenvalue weighted by Crippen LogP contribution is -2.46. The summed E-state index contributed by atoms with van der Waals surface area (Å²) in [4.78, 5) is 2.15. The molecule has 1 aromatic carbocycles. The van der Waals surface area contributed by atoms with Crippen LogP contribution in [0.25, 0.3) is 0 Å². The molecule has 1 aliphatic rings. The standard InChI is InChI=1S/C14H19Cl2FN2/c1-2-5-18-11-4-3-6-19(9-11)14-12(15)7-10(17)8-13(14)16/h7-8,11,18H,2-6,9H2,1H3. The first-order chi connectivity index (χ1) is 9.11. The Balaban J connectivity index is 2.13. The third kappa shape index (κ3) is 3.74. The van der Waals surface area contributed by atoms with Crippen molar-refractivity contribution in [1.82, 2.24) is 5.32 Å². The van der Waals surface area contributed by atoms with Crippen LogP contribution in [0.5, 0.6) is 0 Å². The first kappa shape index (κ1) is 14.9. The Morgan fingerprint density at radius 3 is 2.68 bits per heavy atom. The summed E-state index contributed by atoms with van der Waals surface area (Å²) in [5, 5.41) is 4.30. The van der Waals surface area contributed by atoms with E-state index in [0.29, 0.717) is 16.1 Å². The summed E-state index contributed by atoms with van der Waals surface area (Å²) in [7, 11) is 0. The third-order valence-electron chi connectivity index (χ3n) is 3.40. The lowest BCUT2D eigenvalue weighted by Gasteiger charge is -2.35. The van der Waals surface area contributed by atoms with Crippen molar-refractivity contribution in [3.05, 3.63) is 28.0 Å². The largest absolute Gasteiger partial charge is 0.368 e. The monoisotopic (exact) mass is 304 g/mol. The van der Waals surface area contributed by atoms with Crippen molar-refractivity contribution in [2.45, 2.75) is 32.2 Å². The van der Waals surface area contributed by atoms with Crippen molar-refractivity contribution in [3.8, 4) is 0 Å². The second-order valence-electron chi connectivity index (χ2n) is 4.96. The minimum absolute atomic E-state index is 0.390. The molecule has 0 amide bonds. The summed E-state index contributed by atoms with van der Waals surface area (Å²) in [5.41, 5.74) is 0.757. The molecule has 1 aromatic rings. The minimum Gasteiger partial charge on any atom is -0.368 e. The van der Waals surface area contributed by atoms with Gasteiger partial charge in [-0.3, -0.25) is 0 Å². The number of benzene rings is 1. The Kier molecular flexibility index (Phi) is 5.31. The van der Waals surface area contributed by atoms with Crippen LogP contribution >= 0.6 is 23.2 Å². The molecule has 1 heterocycles. The van der Waals surface area contributed by atoms with E-state index in [2.05, 4.69) is 17.1 Å². The van der Waals surface area contributed by atoms with Gasteiger partial charge in [0.2, 0.25) is 0 Å². The van der Waals surface area contributed by atoms with Gasteiger partial charge < -0.3 is 10.2 Å². The van der Waals surface area contributed by atoms with Gasteiger partial charge in [0.1, 0.15) is 5.82 Å². The molecule has 0 radical (unpaired) electrons. The highest BCUT2D eigenvalue weighted by atomic mass is 35.5. The normalized spacial score (nSPS) is 19.8. The fourth-order valence-electron chi connectivity index (χ4n) is 2.53. The number of hydrogen-bond donors (Lipinski definition) is 1. The maximum atomic E-state index is 13.2. The Labute approximate surface area is 123 Å². The van der Waals surface area contributed by atoms with E-state index in [1.165, 1.54) is 12.1 Å². The third-order valence-corrected chi connectivity index (χ3v) is 3.98. The highest BCUT2D eigenvalue weighted by Gasteiger charge is 2.23. The molecule has 0 spiro atoms. The van der Waals surface area contributed by atoms with Crippen molar-refractivity contribution in [1.29, 1.82) is 0 Å². The summed E-state index contributed by atoms with van der Waals surface area (Å²) < 4.78 is 13.2. The molecule has 19 heavy (non-hydrogen) atoms. The fourth-order valence-corrected chi connectivity index (χ4v) is 3.23. The van der Waals surface area contributed by atoms with E-state index in [4.69, 9.17) is 23.2 Å². The van der Waals surface area contributed by atoms with Crippen LogP contribution in [0, 0.1) is 5.82 Å². The maximum Gasteiger partial charge on any atom is 0.126 e. The minimum atomic E-state index is -0.392. The molecule has 0 bridgehead atoms. The number of anilines is 1. The van der Waals surface area contributed by atoms with Crippen molar-refractivity contribution in [2.75, 3.05) is 24.5 Å². The van der Waals surface area contributed by atoms with Gasteiger partial charge in [-0.15, -0.1) is 0 Å². The Morgan fingerprint density at radius 1 is 1.37 bits per heavy atom. The second-order valence-corrected chi connectivity index (χ2v) is 5.77. The van der Waals surface area contributed by atoms with E-state index in [1.54, 1.807) is 0 Å². The summed E-state index contributed by atoms with van der Waals surface area (Å²) in [6, 6.07) is 3.10. The van der Waals surface area contributed by atoms with Gasteiger partial charge in [0.15, 0.2) is 0 Å². The number of halogens is 3. The number of hydrogen-bond acceptors (Lipinski definition) is 2. The predicted octanol–water partition coefficient (Wildman–Crippen LogP) is 4.10. The van der Waals surface area contributed by atoms with Gasteiger partial charge in [-0.05, 0) is 37.9 Å². The lowest BCUT2D eigenvalue weighted by molar-refractivity contribution is 0.423. The van der Waals surface area contributed by atoms with Crippen molar-refractivity contribution in [3.63, 3.8) is 0 Å². The Morgan fingerprint density at radius 2 is 2.05 bits per heavy atom. The van der Waals surface area contributed by atoms with Gasteiger partial charge >= 0.3 is 0 Å². The fraction of sp³-hybridized carbons (Fsp3) is 0.571. The quantitative estimate of drug-likeness (QED) is 0.901. The molecule has 1 N–H and O–H groups in total. The molecule has 0 saturated carbocycles. The highest BCUT2D eigenvalue weighted by molar-refractivity contribution is 6.39. The Bertz CT molecular complexity index is 416. The topological polar surface area (TPSA) is 15.3 Å². The van der Waals surface area contributed by atoms with Crippen molar-refractivity contribution in [2.24, 2.45) is 0 Å². The second kappa shape index (κ2) is 6.78. The van der Waals surface area contributed by atoms with E-state index >= 15 is 0 Å².